The lowest BCUT2D eigenvalue weighted by Crippen LogP contribution is -1.99. The number of methoxy groups -OCH3 is 1. The van der Waals surface area contributed by atoms with Crippen LogP contribution in [-0.4, -0.2) is 17.3 Å². The molecule has 13 heavy (non-hydrogen) atoms. The van der Waals surface area contributed by atoms with E-state index in [2.05, 4.69) is 10.2 Å². The molecule has 1 heterocycles. The Labute approximate surface area is 74.5 Å². The summed E-state index contributed by atoms with van der Waals surface area (Å²) in [6.45, 7) is 1.89. The van der Waals surface area contributed by atoms with Crippen molar-refractivity contribution in [3.05, 3.63) is 28.0 Å². The highest BCUT2D eigenvalue weighted by Gasteiger charge is 2.08. The molecule has 0 spiro atoms. The number of aryl methyl sites for hydroxylation is 1. The number of fused-ring (bicyclic) bond motifs is 1. The lowest BCUT2D eigenvalue weighted by atomic mass is 10.1. The predicted molar refractivity (Wildman–Crippen MR) is 50.2 cm³/mol. The van der Waals surface area contributed by atoms with Crippen molar-refractivity contribution in [3.8, 4) is 5.75 Å². The van der Waals surface area contributed by atoms with E-state index < -0.39 is 0 Å². The van der Waals surface area contributed by atoms with Gasteiger partial charge >= 0.3 is 0 Å². The molecule has 1 aromatic heterocycles. The van der Waals surface area contributed by atoms with E-state index in [1.807, 2.05) is 19.1 Å². The molecule has 2 N–H and O–H groups in total. The standard InChI is InChI=1S/C9H10N2O2/c1-5-3-4-6(13-2)8-7(5)9(12)11-10-8/h3-4H,1-2H3,(H2,10,11,12). The van der Waals surface area contributed by atoms with Gasteiger partial charge in [-0.05, 0) is 18.6 Å². The molecular weight excluding hydrogens is 168 g/mol. The summed E-state index contributed by atoms with van der Waals surface area (Å²) in [5, 5.41) is 5.98. The maximum Gasteiger partial charge on any atom is 0.272 e. The van der Waals surface area contributed by atoms with E-state index in [0.29, 0.717) is 11.1 Å². The van der Waals surface area contributed by atoms with E-state index in [9.17, 15) is 4.79 Å². The zero-order chi connectivity index (χ0) is 9.42. The van der Waals surface area contributed by atoms with Crippen LogP contribution in [0.5, 0.6) is 5.75 Å². The van der Waals surface area contributed by atoms with Gasteiger partial charge in [0.2, 0.25) is 0 Å². The molecule has 2 aromatic rings. The van der Waals surface area contributed by atoms with Crippen molar-refractivity contribution in [2.45, 2.75) is 6.92 Å². The summed E-state index contributed by atoms with van der Waals surface area (Å²) in [5.41, 5.74) is 1.57. The summed E-state index contributed by atoms with van der Waals surface area (Å²) in [4.78, 5) is 11.3. The van der Waals surface area contributed by atoms with Crippen molar-refractivity contribution >= 4 is 10.9 Å². The minimum Gasteiger partial charge on any atom is -0.494 e. The van der Waals surface area contributed by atoms with E-state index in [1.165, 1.54) is 0 Å². The molecule has 1 aromatic carbocycles. The zero-order valence-corrected chi connectivity index (χ0v) is 7.47. The maximum atomic E-state index is 11.3. The Morgan fingerprint density at radius 2 is 2.08 bits per heavy atom. The van der Waals surface area contributed by atoms with Crippen LogP contribution in [0.1, 0.15) is 5.56 Å². The lowest BCUT2D eigenvalue weighted by molar-refractivity contribution is 0.418. The van der Waals surface area contributed by atoms with Crippen LogP contribution in [0.2, 0.25) is 0 Å². The molecule has 0 aliphatic heterocycles. The molecule has 0 aliphatic rings. The molecule has 0 saturated carbocycles. The van der Waals surface area contributed by atoms with Crippen LogP contribution in [0.4, 0.5) is 0 Å². The maximum absolute atomic E-state index is 11.3. The van der Waals surface area contributed by atoms with Crippen molar-refractivity contribution in [2.24, 2.45) is 0 Å². The van der Waals surface area contributed by atoms with Crippen LogP contribution in [0.25, 0.3) is 10.9 Å². The zero-order valence-electron chi connectivity index (χ0n) is 7.47. The topological polar surface area (TPSA) is 57.9 Å². The Morgan fingerprint density at radius 3 is 2.77 bits per heavy atom. The summed E-state index contributed by atoms with van der Waals surface area (Å²) in [5.74, 6) is 0.680. The summed E-state index contributed by atoms with van der Waals surface area (Å²) in [6, 6.07) is 3.70. The summed E-state index contributed by atoms with van der Waals surface area (Å²) < 4.78 is 5.11. The number of hydrogen-bond donors (Lipinski definition) is 2. The number of nitrogens with one attached hydrogen (secondary N) is 2. The average molecular weight is 178 g/mol. The van der Waals surface area contributed by atoms with Gasteiger partial charge in [-0.1, -0.05) is 6.07 Å². The number of benzene rings is 1. The fraction of sp³-hybridized carbons (Fsp3) is 0.222. The minimum absolute atomic E-state index is 0.105. The third-order valence-electron chi connectivity index (χ3n) is 2.12. The molecule has 2 rings (SSSR count). The molecule has 4 nitrogen and oxygen atoms in total. The minimum atomic E-state index is -0.105. The van der Waals surface area contributed by atoms with Crippen molar-refractivity contribution < 1.29 is 4.74 Å². The lowest BCUT2D eigenvalue weighted by Gasteiger charge is -2.01. The van der Waals surface area contributed by atoms with Gasteiger partial charge in [0, 0.05) is 0 Å². The highest BCUT2D eigenvalue weighted by atomic mass is 16.5. The number of H-pyrrole nitrogens is 2. The molecule has 0 fully saturated rings. The Bertz CT molecular complexity index is 496. The fourth-order valence-electron chi connectivity index (χ4n) is 1.46. The number of aromatic nitrogens is 2. The Kier molecular flexibility index (Phi) is 1.62. The van der Waals surface area contributed by atoms with Crippen molar-refractivity contribution in [2.75, 3.05) is 7.11 Å². The SMILES string of the molecule is COc1ccc(C)c2c(=O)[nH][nH]c12. The summed E-state index contributed by atoms with van der Waals surface area (Å²) in [7, 11) is 1.58. The van der Waals surface area contributed by atoms with Gasteiger partial charge in [0.05, 0.1) is 12.5 Å². The van der Waals surface area contributed by atoms with Crippen molar-refractivity contribution in [3.63, 3.8) is 0 Å². The van der Waals surface area contributed by atoms with Gasteiger partial charge in [-0.3, -0.25) is 15.0 Å². The molecule has 0 unspecified atom stereocenters. The van der Waals surface area contributed by atoms with Crippen LogP contribution in [0.3, 0.4) is 0 Å². The summed E-state index contributed by atoms with van der Waals surface area (Å²) >= 11 is 0. The third kappa shape index (κ3) is 1.02. The van der Waals surface area contributed by atoms with E-state index >= 15 is 0 Å². The molecule has 0 aliphatic carbocycles. The van der Waals surface area contributed by atoms with Gasteiger partial charge in [0.1, 0.15) is 11.3 Å². The molecule has 0 atom stereocenters. The van der Waals surface area contributed by atoms with Crippen molar-refractivity contribution in [1.82, 2.24) is 10.2 Å². The molecule has 0 amide bonds. The first-order valence-corrected chi connectivity index (χ1v) is 3.98. The van der Waals surface area contributed by atoms with Gasteiger partial charge in [0.15, 0.2) is 0 Å². The second-order valence-corrected chi connectivity index (χ2v) is 2.91. The first-order chi connectivity index (χ1) is 6.24. The molecule has 4 heteroatoms. The van der Waals surface area contributed by atoms with Gasteiger partial charge in [0.25, 0.3) is 5.56 Å². The normalized spacial score (nSPS) is 10.6. The van der Waals surface area contributed by atoms with Crippen molar-refractivity contribution in [1.29, 1.82) is 0 Å². The number of rotatable bonds is 1. The predicted octanol–water partition coefficient (Wildman–Crippen LogP) is 1.17. The smallest absolute Gasteiger partial charge is 0.272 e. The third-order valence-corrected chi connectivity index (χ3v) is 2.12. The number of aromatic amines is 2. The van der Waals surface area contributed by atoms with Gasteiger partial charge < -0.3 is 4.74 Å². The molecule has 0 saturated heterocycles. The van der Waals surface area contributed by atoms with Crippen LogP contribution in [-0.2, 0) is 0 Å². The molecule has 0 bridgehead atoms. The first-order valence-electron chi connectivity index (χ1n) is 3.98. The largest absolute Gasteiger partial charge is 0.494 e. The Morgan fingerprint density at radius 1 is 1.31 bits per heavy atom. The van der Waals surface area contributed by atoms with E-state index in [-0.39, 0.29) is 5.56 Å². The number of ether oxygens (including phenoxy) is 1. The number of hydrogen-bond acceptors (Lipinski definition) is 2. The van der Waals surface area contributed by atoms with Gasteiger partial charge in [-0.2, -0.15) is 0 Å². The van der Waals surface area contributed by atoms with Crippen LogP contribution >= 0.6 is 0 Å². The highest BCUT2D eigenvalue weighted by Crippen LogP contribution is 2.22. The quantitative estimate of drug-likeness (QED) is 0.688. The molecular formula is C9H10N2O2. The Hall–Kier alpha value is -1.71. The van der Waals surface area contributed by atoms with Crippen LogP contribution in [0.15, 0.2) is 16.9 Å². The monoisotopic (exact) mass is 178 g/mol. The van der Waals surface area contributed by atoms with E-state index in [4.69, 9.17) is 4.74 Å². The van der Waals surface area contributed by atoms with Gasteiger partial charge in [-0.15, -0.1) is 0 Å². The second kappa shape index (κ2) is 2.65. The van der Waals surface area contributed by atoms with Crippen LogP contribution < -0.4 is 10.3 Å². The van der Waals surface area contributed by atoms with Gasteiger partial charge in [-0.25, -0.2) is 0 Å². The first kappa shape index (κ1) is 7.91. The van der Waals surface area contributed by atoms with E-state index in [0.717, 1.165) is 11.1 Å². The molecule has 68 valence electrons. The fourth-order valence-corrected chi connectivity index (χ4v) is 1.46. The summed E-state index contributed by atoms with van der Waals surface area (Å²) in [6.07, 6.45) is 0. The van der Waals surface area contributed by atoms with E-state index in [1.54, 1.807) is 7.11 Å². The van der Waals surface area contributed by atoms with Crippen LogP contribution in [0, 0.1) is 6.92 Å². The average Bonchev–Trinajstić information content (AvgIpc) is 2.50. The highest BCUT2D eigenvalue weighted by molar-refractivity contribution is 5.86. The Balaban J connectivity index is 2.95. The second-order valence-electron chi connectivity index (χ2n) is 2.91. The molecule has 0 radical (unpaired) electrons.